The van der Waals surface area contributed by atoms with Crippen molar-refractivity contribution in [3.05, 3.63) is 88.6 Å². The molecule has 2 heterocycles. The van der Waals surface area contributed by atoms with Gasteiger partial charge in [-0.2, -0.15) is 0 Å². The minimum absolute atomic E-state index is 0.239. The largest absolute Gasteiger partial charge is 0.449 e. The highest BCUT2D eigenvalue weighted by molar-refractivity contribution is 6.30. The third-order valence-corrected chi connectivity index (χ3v) is 8.79. The second kappa shape index (κ2) is 13.5. The number of nitrogens with one attached hydrogen (secondary N) is 1. The number of piperazine rings is 1. The Kier molecular flexibility index (Phi) is 9.74. The third-order valence-electron chi connectivity index (χ3n) is 8.55. The molecule has 10 nitrogen and oxygen atoms in total. The zero-order valence-corrected chi connectivity index (χ0v) is 27.2. The fourth-order valence-corrected chi connectivity index (χ4v) is 5.95. The van der Waals surface area contributed by atoms with Crippen molar-refractivity contribution in [1.82, 2.24) is 25.0 Å². The molecule has 0 bridgehead atoms. The molecule has 11 heteroatoms. The van der Waals surface area contributed by atoms with Crippen LogP contribution in [0.1, 0.15) is 62.0 Å². The molecule has 2 unspecified atom stereocenters. The van der Waals surface area contributed by atoms with Crippen LogP contribution in [0.25, 0.3) is 11.6 Å². The van der Waals surface area contributed by atoms with Gasteiger partial charge < -0.3 is 30.3 Å². The van der Waals surface area contributed by atoms with Crippen LogP contribution >= 0.6 is 11.6 Å². The number of hydrogen-bond donors (Lipinski definition) is 2. The molecule has 2 atom stereocenters. The predicted molar refractivity (Wildman–Crippen MR) is 176 cm³/mol. The SMILES string of the molecule is C=CN(C)/C(=C\N)C(NC(=O)OC1(C)CC1)C1=Cc2cccnc2C(N2CCN(C(=O)OCC(C)C)CC2)c2ccc(Cl)cc21. The van der Waals surface area contributed by atoms with E-state index in [9.17, 15) is 9.59 Å². The quantitative estimate of drug-likeness (QED) is 0.366. The van der Waals surface area contributed by atoms with Crippen LogP contribution in [-0.2, 0) is 9.47 Å². The Labute approximate surface area is 270 Å². The Morgan fingerprint density at radius 2 is 1.98 bits per heavy atom. The number of halogens is 1. The van der Waals surface area contributed by atoms with Gasteiger partial charge in [-0.1, -0.05) is 44.2 Å². The molecule has 1 saturated carbocycles. The Bertz CT molecular complexity index is 1500. The lowest BCUT2D eigenvalue weighted by atomic mass is 9.89. The summed E-state index contributed by atoms with van der Waals surface area (Å²) in [4.78, 5) is 36.8. The van der Waals surface area contributed by atoms with Gasteiger partial charge in [-0.05, 0) is 78.4 Å². The number of ether oxygens (including phenoxy) is 2. The van der Waals surface area contributed by atoms with Gasteiger partial charge in [0, 0.05) is 50.6 Å². The molecular weight excluding hydrogens is 592 g/mol. The molecular formula is C34H43ClN6O4. The van der Waals surface area contributed by atoms with E-state index in [0.717, 1.165) is 40.8 Å². The smallest absolute Gasteiger partial charge is 0.409 e. The maximum atomic E-state index is 13.3. The van der Waals surface area contributed by atoms with Crippen molar-refractivity contribution in [2.24, 2.45) is 11.7 Å². The van der Waals surface area contributed by atoms with Crippen LogP contribution in [0, 0.1) is 5.92 Å². The van der Waals surface area contributed by atoms with Crippen LogP contribution in [0.5, 0.6) is 0 Å². The van der Waals surface area contributed by atoms with E-state index in [1.165, 1.54) is 6.20 Å². The number of hydrogen-bond acceptors (Lipinski definition) is 8. The van der Waals surface area contributed by atoms with Crippen molar-refractivity contribution in [2.75, 3.05) is 39.8 Å². The third kappa shape index (κ3) is 7.28. The monoisotopic (exact) mass is 634 g/mol. The Morgan fingerprint density at radius 1 is 1.24 bits per heavy atom. The second-order valence-electron chi connectivity index (χ2n) is 12.5. The minimum atomic E-state index is -0.704. The summed E-state index contributed by atoms with van der Waals surface area (Å²) in [6.07, 6.45) is 7.77. The van der Waals surface area contributed by atoms with Crippen molar-refractivity contribution in [2.45, 2.75) is 51.3 Å². The molecule has 0 radical (unpaired) electrons. The van der Waals surface area contributed by atoms with E-state index in [1.807, 2.05) is 64.2 Å². The molecule has 2 aromatic rings. The van der Waals surface area contributed by atoms with Gasteiger partial charge in [-0.25, -0.2) is 9.59 Å². The van der Waals surface area contributed by atoms with E-state index in [2.05, 4.69) is 16.8 Å². The molecule has 3 N–H and O–H groups in total. The second-order valence-corrected chi connectivity index (χ2v) is 12.9. The van der Waals surface area contributed by atoms with Crippen LogP contribution < -0.4 is 11.1 Å². The maximum absolute atomic E-state index is 13.3. The predicted octanol–water partition coefficient (Wildman–Crippen LogP) is 5.61. The number of rotatable bonds is 9. The number of nitrogens with two attached hydrogens (primary N) is 1. The van der Waals surface area contributed by atoms with E-state index in [4.69, 9.17) is 31.8 Å². The molecule has 3 aliphatic rings. The number of carbonyl (C=O) groups excluding carboxylic acids is 2. The number of fused-ring (bicyclic) bond motifs is 2. The molecule has 2 aliphatic carbocycles. The number of likely N-dealkylation sites (N-methyl/N-ethyl adjacent to an activating group) is 1. The molecule has 2 fully saturated rings. The molecule has 240 valence electrons. The summed E-state index contributed by atoms with van der Waals surface area (Å²) >= 11 is 6.66. The number of benzene rings is 1. The highest BCUT2D eigenvalue weighted by atomic mass is 35.5. The lowest BCUT2D eigenvalue weighted by molar-refractivity contribution is 0.0619. The van der Waals surface area contributed by atoms with Crippen LogP contribution in [0.2, 0.25) is 5.02 Å². The van der Waals surface area contributed by atoms with Crippen molar-refractivity contribution in [3.63, 3.8) is 0 Å². The lowest BCUT2D eigenvalue weighted by Gasteiger charge is -2.39. The molecule has 1 saturated heterocycles. The summed E-state index contributed by atoms with van der Waals surface area (Å²) in [5.41, 5.74) is 10.7. The maximum Gasteiger partial charge on any atom is 0.409 e. The summed E-state index contributed by atoms with van der Waals surface area (Å²) in [5, 5.41) is 3.65. The highest BCUT2D eigenvalue weighted by Gasteiger charge is 2.43. The number of amides is 2. The van der Waals surface area contributed by atoms with E-state index >= 15 is 0 Å². The molecule has 1 aromatic heterocycles. The summed E-state index contributed by atoms with van der Waals surface area (Å²) < 4.78 is 11.3. The van der Waals surface area contributed by atoms with Gasteiger partial charge in [0.05, 0.1) is 30.1 Å². The Hall–Kier alpha value is -4.02. The zero-order chi connectivity index (χ0) is 32.3. The standard InChI is InChI=1S/C34H43ClN6O4/c1-6-39(5)28(20-36)30(38-32(42)45-34(4)11-12-34)27-18-23-8-7-13-37-29(23)31(25-10-9-24(35)19-26(25)27)40-14-16-41(17-15-40)33(43)44-21-22(2)3/h6-10,13,18-20,22,30-31H,1,11-12,14-17,21,36H2,2-5H3,(H,38,42)/b28-20-. The van der Waals surface area contributed by atoms with Gasteiger partial charge in [0.25, 0.3) is 0 Å². The number of aromatic nitrogens is 1. The first kappa shape index (κ1) is 32.4. The molecule has 1 aromatic carbocycles. The first-order valence-corrected chi connectivity index (χ1v) is 15.8. The van der Waals surface area contributed by atoms with Gasteiger partial charge in [-0.15, -0.1) is 0 Å². The van der Waals surface area contributed by atoms with Crippen molar-refractivity contribution < 1.29 is 19.1 Å². The first-order chi connectivity index (χ1) is 21.5. The summed E-state index contributed by atoms with van der Waals surface area (Å²) in [6, 6.07) is 8.79. The first-order valence-electron chi connectivity index (χ1n) is 15.4. The minimum Gasteiger partial charge on any atom is -0.449 e. The molecule has 5 rings (SSSR count). The topological polar surface area (TPSA) is 113 Å². The Balaban J connectivity index is 1.55. The van der Waals surface area contributed by atoms with E-state index < -0.39 is 17.7 Å². The fraction of sp³-hybridized carbons (Fsp3) is 0.441. The number of pyridine rings is 1. The van der Waals surface area contributed by atoms with E-state index in [0.29, 0.717) is 43.5 Å². The number of carbonyl (C=O) groups is 2. The normalized spacial score (nSPS) is 19.8. The van der Waals surface area contributed by atoms with Crippen LogP contribution in [0.3, 0.4) is 0 Å². The van der Waals surface area contributed by atoms with Crippen molar-refractivity contribution in [1.29, 1.82) is 0 Å². The fourth-order valence-electron chi connectivity index (χ4n) is 5.77. The average molecular weight is 635 g/mol. The number of nitrogens with zero attached hydrogens (tertiary/aromatic N) is 4. The van der Waals surface area contributed by atoms with Crippen molar-refractivity contribution in [3.8, 4) is 0 Å². The van der Waals surface area contributed by atoms with Gasteiger partial charge in [0.15, 0.2) is 0 Å². The zero-order valence-electron chi connectivity index (χ0n) is 26.5. The van der Waals surface area contributed by atoms with Crippen LogP contribution in [0.4, 0.5) is 9.59 Å². The van der Waals surface area contributed by atoms with Gasteiger partial charge in [-0.3, -0.25) is 9.88 Å². The summed E-state index contributed by atoms with van der Waals surface area (Å²) in [5.74, 6) is 0.270. The lowest BCUT2D eigenvalue weighted by Crippen LogP contribution is -2.50. The molecule has 1 aliphatic heterocycles. The Morgan fingerprint density at radius 3 is 2.62 bits per heavy atom. The number of alkyl carbamates (subject to hydrolysis) is 1. The van der Waals surface area contributed by atoms with Crippen LogP contribution in [0.15, 0.2) is 61.2 Å². The summed E-state index contributed by atoms with van der Waals surface area (Å²) in [7, 11) is 1.83. The molecule has 45 heavy (non-hydrogen) atoms. The summed E-state index contributed by atoms with van der Waals surface area (Å²) in [6.45, 7) is 12.6. The average Bonchev–Trinajstić information content (AvgIpc) is 3.77. The van der Waals surface area contributed by atoms with Crippen molar-refractivity contribution >= 4 is 35.4 Å². The van der Waals surface area contributed by atoms with Gasteiger partial charge in [0.1, 0.15) is 5.60 Å². The highest BCUT2D eigenvalue weighted by Crippen LogP contribution is 2.43. The molecule has 0 spiro atoms. The van der Waals surface area contributed by atoms with Crippen LogP contribution in [-0.4, -0.2) is 83.3 Å². The van der Waals surface area contributed by atoms with Gasteiger partial charge in [0.2, 0.25) is 0 Å². The van der Waals surface area contributed by atoms with E-state index in [-0.39, 0.29) is 18.1 Å². The van der Waals surface area contributed by atoms with E-state index in [1.54, 1.807) is 22.2 Å². The molecule has 2 amide bonds. The van der Waals surface area contributed by atoms with Gasteiger partial charge >= 0.3 is 12.2 Å².